The van der Waals surface area contributed by atoms with Crippen LogP contribution >= 0.6 is 0 Å². The van der Waals surface area contributed by atoms with Crippen LogP contribution in [-0.4, -0.2) is 18.0 Å². The third-order valence-corrected chi connectivity index (χ3v) is 2.45. The van der Waals surface area contributed by atoms with E-state index in [0.29, 0.717) is 11.4 Å². The van der Waals surface area contributed by atoms with Crippen LogP contribution in [0.2, 0.25) is 0 Å². The maximum Gasteiger partial charge on any atom is 0.291 e. The van der Waals surface area contributed by atoms with Gasteiger partial charge in [0.05, 0.1) is 7.11 Å². The Morgan fingerprint density at radius 1 is 1.22 bits per heavy atom. The van der Waals surface area contributed by atoms with E-state index < -0.39 is 0 Å². The van der Waals surface area contributed by atoms with Crippen LogP contribution < -0.4 is 15.6 Å². The molecule has 1 amide bonds. The van der Waals surface area contributed by atoms with Crippen LogP contribution in [0.15, 0.2) is 48.7 Å². The predicted octanol–water partition coefficient (Wildman–Crippen LogP) is 1.61. The molecule has 5 nitrogen and oxygen atoms in total. The van der Waals surface area contributed by atoms with Crippen LogP contribution in [-0.2, 0) is 0 Å². The summed E-state index contributed by atoms with van der Waals surface area (Å²) in [6.07, 6.45) is 1.54. The van der Waals surface area contributed by atoms with Gasteiger partial charge in [-0.2, -0.15) is 0 Å². The van der Waals surface area contributed by atoms with E-state index >= 15 is 0 Å². The first-order valence-electron chi connectivity index (χ1n) is 5.37. The molecule has 5 heteroatoms. The van der Waals surface area contributed by atoms with Crippen molar-refractivity contribution in [3.05, 3.63) is 54.4 Å². The Balaban J connectivity index is 2.31. The highest BCUT2D eigenvalue weighted by atomic mass is 16.5. The van der Waals surface area contributed by atoms with Gasteiger partial charge in [0.25, 0.3) is 5.91 Å². The molecule has 18 heavy (non-hydrogen) atoms. The van der Waals surface area contributed by atoms with Gasteiger partial charge >= 0.3 is 0 Å². The summed E-state index contributed by atoms with van der Waals surface area (Å²) < 4.78 is 5.16. The fourth-order valence-electron chi connectivity index (χ4n) is 1.55. The van der Waals surface area contributed by atoms with Crippen molar-refractivity contribution in [3.63, 3.8) is 0 Å². The van der Waals surface area contributed by atoms with Crippen LogP contribution in [0, 0.1) is 0 Å². The number of nitrogens with zero attached hydrogens (tertiary/aromatic N) is 2. The van der Waals surface area contributed by atoms with Gasteiger partial charge in [0, 0.05) is 6.20 Å². The Bertz CT molecular complexity index is 543. The fraction of sp³-hybridized carbons (Fsp3) is 0.0769. The van der Waals surface area contributed by atoms with E-state index in [1.165, 1.54) is 7.11 Å². The number of hydrogen-bond donors (Lipinski definition) is 1. The minimum Gasteiger partial charge on any atom is -0.495 e. The van der Waals surface area contributed by atoms with Crippen molar-refractivity contribution >= 4 is 11.6 Å². The number of ether oxygens (including phenoxy) is 1. The Morgan fingerprint density at radius 2 is 1.94 bits per heavy atom. The monoisotopic (exact) mass is 243 g/mol. The number of para-hydroxylation sites is 2. The van der Waals surface area contributed by atoms with Gasteiger partial charge in [-0.1, -0.05) is 18.2 Å². The summed E-state index contributed by atoms with van der Waals surface area (Å²) in [6, 6.07) is 12.1. The largest absolute Gasteiger partial charge is 0.495 e. The van der Waals surface area contributed by atoms with Crippen molar-refractivity contribution in [2.75, 3.05) is 12.1 Å². The zero-order valence-electron chi connectivity index (χ0n) is 9.91. The quantitative estimate of drug-likeness (QED) is 0.505. The molecule has 0 radical (unpaired) electrons. The summed E-state index contributed by atoms with van der Waals surface area (Å²) >= 11 is 0. The van der Waals surface area contributed by atoms with Crippen molar-refractivity contribution in [1.82, 2.24) is 4.98 Å². The number of amides is 1. The molecule has 0 aliphatic carbocycles. The number of benzene rings is 1. The van der Waals surface area contributed by atoms with Gasteiger partial charge in [-0.05, 0) is 24.3 Å². The van der Waals surface area contributed by atoms with Crippen LogP contribution in [0.5, 0.6) is 5.75 Å². The molecule has 1 aromatic carbocycles. The molecule has 0 bridgehead atoms. The van der Waals surface area contributed by atoms with Gasteiger partial charge in [-0.15, -0.1) is 0 Å². The highest BCUT2D eigenvalue weighted by Gasteiger charge is 2.18. The van der Waals surface area contributed by atoms with Crippen LogP contribution in [0.25, 0.3) is 0 Å². The SMILES string of the molecule is COc1ccccc1N(N)C(=O)c1ccccn1. The molecule has 2 N–H and O–H groups in total. The van der Waals surface area contributed by atoms with Crippen molar-refractivity contribution in [2.24, 2.45) is 5.84 Å². The van der Waals surface area contributed by atoms with Gasteiger partial charge in [0.2, 0.25) is 0 Å². The summed E-state index contributed by atoms with van der Waals surface area (Å²) in [4.78, 5) is 16.1. The normalized spacial score (nSPS) is 9.89. The molecule has 1 heterocycles. The molecule has 0 aliphatic rings. The molecule has 0 atom stereocenters. The molecule has 1 aromatic heterocycles. The van der Waals surface area contributed by atoms with E-state index in [1.54, 1.807) is 48.7 Å². The van der Waals surface area contributed by atoms with Crippen molar-refractivity contribution < 1.29 is 9.53 Å². The van der Waals surface area contributed by atoms with Gasteiger partial charge in [-0.25, -0.2) is 10.9 Å². The molecule has 2 rings (SSSR count). The van der Waals surface area contributed by atoms with Gasteiger partial charge < -0.3 is 4.74 Å². The molecule has 0 saturated carbocycles. The molecular formula is C13H13N3O2. The molecule has 0 fully saturated rings. The highest BCUT2D eigenvalue weighted by Crippen LogP contribution is 2.26. The van der Waals surface area contributed by atoms with E-state index in [1.807, 2.05) is 0 Å². The number of pyridine rings is 1. The van der Waals surface area contributed by atoms with E-state index in [0.717, 1.165) is 5.01 Å². The predicted molar refractivity (Wildman–Crippen MR) is 68.2 cm³/mol. The number of carbonyl (C=O) groups excluding carboxylic acids is 1. The second kappa shape index (κ2) is 5.29. The van der Waals surface area contributed by atoms with Crippen molar-refractivity contribution in [2.45, 2.75) is 0 Å². The Kier molecular flexibility index (Phi) is 3.54. The summed E-state index contributed by atoms with van der Waals surface area (Å²) in [6.45, 7) is 0. The van der Waals surface area contributed by atoms with Gasteiger partial charge in [-0.3, -0.25) is 9.78 Å². The number of nitrogens with two attached hydrogens (primary N) is 1. The summed E-state index contributed by atoms with van der Waals surface area (Å²) in [7, 11) is 1.53. The molecule has 0 unspecified atom stereocenters. The molecule has 2 aromatic rings. The fourth-order valence-corrected chi connectivity index (χ4v) is 1.55. The van der Waals surface area contributed by atoms with Gasteiger partial charge in [0.15, 0.2) is 0 Å². The number of methoxy groups -OCH3 is 1. The van der Waals surface area contributed by atoms with E-state index in [2.05, 4.69) is 4.98 Å². The molecule has 0 spiro atoms. The minimum atomic E-state index is -0.389. The van der Waals surface area contributed by atoms with E-state index in [4.69, 9.17) is 10.6 Å². The summed E-state index contributed by atoms with van der Waals surface area (Å²) in [5.74, 6) is 5.95. The summed E-state index contributed by atoms with van der Waals surface area (Å²) in [5, 5.41) is 1.03. The van der Waals surface area contributed by atoms with Crippen LogP contribution in [0.3, 0.4) is 0 Å². The van der Waals surface area contributed by atoms with E-state index in [-0.39, 0.29) is 11.6 Å². The maximum atomic E-state index is 12.1. The lowest BCUT2D eigenvalue weighted by Gasteiger charge is -2.18. The van der Waals surface area contributed by atoms with Gasteiger partial charge in [0.1, 0.15) is 17.1 Å². The number of hydrogen-bond acceptors (Lipinski definition) is 4. The first-order valence-corrected chi connectivity index (χ1v) is 5.37. The number of anilines is 1. The molecule has 92 valence electrons. The zero-order chi connectivity index (χ0) is 13.0. The molecule has 0 aliphatic heterocycles. The lowest BCUT2D eigenvalue weighted by Crippen LogP contribution is -2.38. The lowest BCUT2D eigenvalue weighted by atomic mass is 10.2. The lowest BCUT2D eigenvalue weighted by molar-refractivity contribution is 0.0981. The number of rotatable bonds is 3. The number of aromatic nitrogens is 1. The second-order valence-corrected chi connectivity index (χ2v) is 3.56. The van der Waals surface area contributed by atoms with Crippen LogP contribution in [0.1, 0.15) is 10.5 Å². The van der Waals surface area contributed by atoms with Crippen molar-refractivity contribution in [3.8, 4) is 5.75 Å². The van der Waals surface area contributed by atoms with Crippen LogP contribution in [0.4, 0.5) is 5.69 Å². The second-order valence-electron chi connectivity index (χ2n) is 3.56. The Hall–Kier alpha value is -2.40. The Morgan fingerprint density at radius 3 is 2.61 bits per heavy atom. The summed E-state index contributed by atoms with van der Waals surface area (Å²) in [5.41, 5.74) is 0.779. The Labute approximate surface area is 105 Å². The maximum absolute atomic E-state index is 12.1. The third kappa shape index (κ3) is 2.31. The molecule has 0 saturated heterocycles. The standard InChI is InChI=1S/C13H13N3O2/c1-18-12-8-3-2-7-11(12)16(14)13(17)10-6-4-5-9-15-10/h2-9H,14H2,1H3. The van der Waals surface area contributed by atoms with Crippen molar-refractivity contribution in [1.29, 1.82) is 0 Å². The average molecular weight is 243 g/mol. The first-order chi connectivity index (χ1) is 8.74. The van der Waals surface area contributed by atoms with E-state index in [9.17, 15) is 4.79 Å². The zero-order valence-corrected chi connectivity index (χ0v) is 9.91. The average Bonchev–Trinajstić information content (AvgIpc) is 2.46. The third-order valence-electron chi connectivity index (χ3n) is 2.45. The number of hydrazine groups is 1. The highest BCUT2D eigenvalue weighted by molar-refractivity contribution is 6.04. The first kappa shape index (κ1) is 12.1. The molecular weight excluding hydrogens is 230 g/mol. The topological polar surface area (TPSA) is 68.5 Å². The smallest absolute Gasteiger partial charge is 0.291 e. The number of carbonyl (C=O) groups is 1. The minimum absolute atomic E-state index is 0.283.